The topological polar surface area (TPSA) is 114 Å². The van der Waals surface area contributed by atoms with Crippen LogP contribution in [0.25, 0.3) is 0 Å². The van der Waals surface area contributed by atoms with Crippen LogP contribution in [0.5, 0.6) is 0 Å². The van der Waals surface area contributed by atoms with Gasteiger partial charge in [-0.05, 0) is 43.6 Å². The molecule has 2 aliphatic rings. The summed E-state index contributed by atoms with van der Waals surface area (Å²) < 4.78 is 35.5. The van der Waals surface area contributed by atoms with E-state index in [4.69, 9.17) is 4.74 Å². The molecule has 2 unspecified atom stereocenters. The fourth-order valence-corrected chi connectivity index (χ4v) is 6.25. The van der Waals surface area contributed by atoms with Crippen molar-refractivity contribution in [2.24, 2.45) is 13.0 Å². The van der Waals surface area contributed by atoms with Gasteiger partial charge in [0.1, 0.15) is 0 Å². The lowest BCUT2D eigenvalue weighted by Gasteiger charge is -2.30. The number of aromatic nitrogens is 2. The first kappa shape index (κ1) is 26.5. The minimum absolute atomic E-state index is 0.0770. The monoisotopic (exact) mass is 516 g/mol. The zero-order valence-electron chi connectivity index (χ0n) is 20.7. The standard InChI is InChI=1S/C26H36N4O5S/c1-29-18-26(27-19-29)36(33,34)30(16-22-12-7-13-35-22)17-24(31)23(14-20-8-3-2-4-9-20)28-25(32)15-21-10-5-6-11-21/h2-5,8-10,18-19,21-24,31H,6-7,11-17H2,1H3,(H,28,32)/t21-,22+,23?,24?/m0/s1. The van der Waals surface area contributed by atoms with Crippen LogP contribution in [0, 0.1) is 5.92 Å². The zero-order chi connectivity index (χ0) is 25.5. The van der Waals surface area contributed by atoms with Gasteiger partial charge in [0.25, 0.3) is 10.0 Å². The summed E-state index contributed by atoms with van der Waals surface area (Å²) in [4.78, 5) is 16.9. The molecule has 2 aromatic rings. The highest BCUT2D eigenvalue weighted by atomic mass is 32.2. The highest BCUT2D eigenvalue weighted by Gasteiger charge is 2.34. The zero-order valence-corrected chi connectivity index (χ0v) is 21.5. The number of hydrogen-bond donors (Lipinski definition) is 2. The van der Waals surface area contributed by atoms with Gasteiger partial charge in [-0.1, -0.05) is 42.5 Å². The molecule has 1 fully saturated rings. The third-order valence-electron chi connectivity index (χ3n) is 6.78. The van der Waals surface area contributed by atoms with E-state index < -0.39 is 22.2 Å². The molecule has 1 aromatic carbocycles. The first-order valence-electron chi connectivity index (χ1n) is 12.6. The predicted octanol–water partition coefficient (Wildman–Crippen LogP) is 2.03. The van der Waals surface area contributed by atoms with Crippen molar-refractivity contribution in [2.45, 2.75) is 61.8 Å². The van der Waals surface area contributed by atoms with E-state index >= 15 is 0 Å². The number of allylic oxidation sites excluding steroid dienone is 2. The molecular formula is C26H36N4O5S. The average molecular weight is 517 g/mol. The van der Waals surface area contributed by atoms with Crippen LogP contribution in [-0.4, -0.2) is 71.2 Å². The van der Waals surface area contributed by atoms with E-state index in [1.165, 1.54) is 16.8 Å². The highest BCUT2D eigenvalue weighted by molar-refractivity contribution is 7.89. The van der Waals surface area contributed by atoms with Gasteiger partial charge in [0.15, 0.2) is 5.03 Å². The van der Waals surface area contributed by atoms with Gasteiger partial charge in [-0.25, -0.2) is 13.4 Å². The van der Waals surface area contributed by atoms with E-state index in [-0.39, 0.29) is 36.0 Å². The van der Waals surface area contributed by atoms with Crippen molar-refractivity contribution in [1.82, 2.24) is 19.2 Å². The predicted molar refractivity (Wildman–Crippen MR) is 136 cm³/mol. The minimum atomic E-state index is -3.98. The Morgan fingerprint density at radius 2 is 2.11 bits per heavy atom. The van der Waals surface area contributed by atoms with Crippen molar-refractivity contribution in [1.29, 1.82) is 0 Å². The van der Waals surface area contributed by atoms with Gasteiger partial charge < -0.3 is 19.7 Å². The summed E-state index contributed by atoms with van der Waals surface area (Å²) in [7, 11) is -2.27. The SMILES string of the molecule is Cn1cnc(S(=O)(=O)N(CC(O)C(Cc2ccccc2)NC(=O)C[C@H]2C=CCC2)C[C@H]2CCCO2)c1. The number of ether oxygens (including phenoxy) is 1. The van der Waals surface area contributed by atoms with Crippen LogP contribution in [0.4, 0.5) is 0 Å². The van der Waals surface area contributed by atoms with Gasteiger partial charge >= 0.3 is 0 Å². The molecule has 1 amide bonds. The Bertz CT molecular complexity index is 1130. The van der Waals surface area contributed by atoms with Gasteiger partial charge in [-0.15, -0.1) is 0 Å². The number of carbonyl (C=O) groups excluding carboxylic acids is 1. The summed E-state index contributed by atoms with van der Waals surface area (Å²) in [6.07, 6.45) is 9.91. The normalized spacial score (nSPS) is 21.6. The Balaban J connectivity index is 1.53. The summed E-state index contributed by atoms with van der Waals surface area (Å²) in [6, 6.07) is 8.91. The first-order chi connectivity index (χ1) is 17.3. The maximum absolute atomic E-state index is 13.5. The van der Waals surface area contributed by atoms with Crippen molar-refractivity contribution >= 4 is 15.9 Å². The molecule has 10 heteroatoms. The summed E-state index contributed by atoms with van der Waals surface area (Å²) in [5.74, 6) is 0.0462. The van der Waals surface area contributed by atoms with E-state index in [1.54, 1.807) is 11.6 Å². The molecule has 36 heavy (non-hydrogen) atoms. The van der Waals surface area contributed by atoms with Crippen LogP contribution in [0.1, 0.15) is 37.7 Å². The number of nitrogens with one attached hydrogen (secondary N) is 1. The van der Waals surface area contributed by atoms with E-state index in [2.05, 4.69) is 22.5 Å². The molecule has 1 aromatic heterocycles. The molecule has 1 aliphatic carbocycles. The number of amides is 1. The van der Waals surface area contributed by atoms with Crippen molar-refractivity contribution in [2.75, 3.05) is 19.7 Å². The molecule has 196 valence electrons. The molecule has 2 N–H and O–H groups in total. The Labute approximate surface area is 213 Å². The van der Waals surface area contributed by atoms with E-state index in [1.807, 2.05) is 30.3 Å². The lowest BCUT2D eigenvalue weighted by Crippen LogP contribution is -2.51. The smallest absolute Gasteiger partial charge is 0.262 e. The largest absolute Gasteiger partial charge is 0.390 e. The molecule has 0 bridgehead atoms. The maximum Gasteiger partial charge on any atom is 0.262 e. The van der Waals surface area contributed by atoms with Crippen LogP contribution in [-0.2, 0) is 33.0 Å². The number of benzene rings is 1. The molecule has 4 rings (SSSR count). The van der Waals surface area contributed by atoms with Crippen molar-refractivity contribution in [3.8, 4) is 0 Å². The lowest BCUT2D eigenvalue weighted by atomic mass is 9.99. The fourth-order valence-electron chi connectivity index (χ4n) is 4.80. The number of rotatable bonds is 12. The molecular weight excluding hydrogens is 480 g/mol. The summed E-state index contributed by atoms with van der Waals surface area (Å²) in [6.45, 7) is 0.529. The van der Waals surface area contributed by atoms with Crippen LogP contribution in [0.15, 0.2) is 60.0 Å². The van der Waals surface area contributed by atoms with Crippen molar-refractivity contribution in [3.05, 3.63) is 60.6 Å². The number of aryl methyl sites for hydroxylation is 1. The number of aliphatic hydroxyl groups is 1. The third-order valence-corrected chi connectivity index (χ3v) is 8.49. The van der Waals surface area contributed by atoms with Crippen molar-refractivity contribution in [3.63, 3.8) is 0 Å². The summed E-state index contributed by atoms with van der Waals surface area (Å²) >= 11 is 0. The van der Waals surface area contributed by atoms with E-state index in [9.17, 15) is 18.3 Å². The number of nitrogens with zero attached hydrogens (tertiary/aromatic N) is 3. The van der Waals surface area contributed by atoms with Gasteiger partial charge in [-0.2, -0.15) is 4.31 Å². The molecule has 0 saturated carbocycles. The van der Waals surface area contributed by atoms with Crippen LogP contribution < -0.4 is 5.32 Å². The quantitative estimate of drug-likeness (QED) is 0.418. The Morgan fingerprint density at radius 3 is 2.75 bits per heavy atom. The number of sulfonamides is 1. The summed E-state index contributed by atoms with van der Waals surface area (Å²) in [5.41, 5.74) is 0.945. The number of carbonyl (C=O) groups is 1. The Kier molecular flexibility index (Phi) is 8.95. The Morgan fingerprint density at radius 1 is 1.31 bits per heavy atom. The van der Waals surface area contributed by atoms with Crippen LogP contribution >= 0.6 is 0 Å². The second-order valence-corrected chi connectivity index (χ2v) is 11.6. The molecule has 9 nitrogen and oxygen atoms in total. The maximum atomic E-state index is 13.5. The van der Waals surface area contributed by atoms with Gasteiger partial charge in [0.05, 0.1) is 24.6 Å². The second kappa shape index (κ2) is 12.1. The minimum Gasteiger partial charge on any atom is -0.390 e. The number of aliphatic hydroxyl groups excluding tert-OH is 1. The summed E-state index contributed by atoms with van der Waals surface area (Å²) in [5, 5.41) is 14.3. The first-order valence-corrected chi connectivity index (χ1v) is 14.0. The molecule has 4 atom stereocenters. The number of hydrogen-bond acceptors (Lipinski definition) is 6. The average Bonchev–Trinajstić information content (AvgIpc) is 3.63. The Hall–Kier alpha value is -2.53. The van der Waals surface area contributed by atoms with Gasteiger partial charge in [0, 0.05) is 39.4 Å². The second-order valence-electron chi connectivity index (χ2n) is 9.74. The van der Waals surface area contributed by atoms with Gasteiger partial charge in [0.2, 0.25) is 5.91 Å². The van der Waals surface area contributed by atoms with E-state index in [0.717, 1.165) is 31.2 Å². The van der Waals surface area contributed by atoms with Crippen molar-refractivity contribution < 1.29 is 23.1 Å². The van der Waals surface area contributed by atoms with E-state index in [0.29, 0.717) is 19.4 Å². The lowest BCUT2D eigenvalue weighted by molar-refractivity contribution is -0.123. The molecule has 1 saturated heterocycles. The number of imidazole rings is 1. The van der Waals surface area contributed by atoms with Crippen LogP contribution in [0.2, 0.25) is 0 Å². The molecule has 0 spiro atoms. The highest BCUT2D eigenvalue weighted by Crippen LogP contribution is 2.22. The molecule has 1 aliphatic heterocycles. The van der Waals surface area contributed by atoms with Gasteiger partial charge in [-0.3, -0.25) is 4.79 Å². The molecule has 2 heterocycles. The fraction of sp³-hybridized carbons (Fsp3) is 0.538. The van der Waals surface area contributed by atoms with Crippen LogP contribution in [0.3, 0.4) is 0 Å². The molecule has 0 radical (unpaired) electrons. The third kappa shape index (κ3) is 7.03.